The second-order valence-electron chi connectivity index (χ2n) is 5.56. The van der Waals surface area contributed by atoms with E-state index in [0.717, 1.165) is 5.56 Å². The van der Waals surface area contributed by atoms with Gasteiger partial charge in [-0.25, -0.2) is 16.8 Å². The molecule has 2 N–H and O–H groups in total. The normalized spacial score (nSPS) is 21.8. The van der Waals surface area contributed by atoms with Gasteiger partial charge in [0.15, 0.2) is 9.84 Å². The van der Waals surface area contributed by atoms with Crippen molar-refractivity contribution in [1.82, 2.24) is 4.31 Å². The predicted octanol–water partition coefficient (Wildman–Crippen LogP) is 0.693. The van der Waals surface area contributed by atoms with E-state index in [2.05, 4.69) is 0 Å². The van der Waals surface area contributed by atoms with E-state index in [0.29, 0.717) is 17.7 Å². The second kappa shape index (κ2) is 5.26. The number of benzene rings is 1. The van der Waals surface area contributed by atoms with Gasteiger partial charge < -0.3 is 5.73 Å². The minimum absolute atomic E-state index is 0.0342. The molecule has 1 aliphatic heterocycles. The second-order valence-corrected chi connectivity index (χ2v) is 9.75. The molecule has 1 fully saturated rings. The van der Waals surface area contributed by atoms with Crippen molar-refractivity contribution < 1.29 is 16.8 Å². The third kappa shape index (κ3) is 3.07. The minimum Gasteiger partial charge on any atom is -0.398 e. The first kappa shape index (κ1) is 16.3. The first-order chi connectivity index (χ1) is 9.54. The highest BCUT2D eigenvalue weighted by Crippen LogP contribution is 2.28. The van der Waals surface area contributed by atoms with E-state index in [-0.39, 0.29) is 16.4 Å². The van der Waals surface area contributed by atoms with Gasteiger partial charge in [-0.2, -0.15) is 4.31 Å². The first-order valence-electron chi connectivity index (χ1n) is 6.60. The quantitative estimate of drug-likeness (QED) is 0.822. The van der Waals surface area contributed by atoms with Crippen LogP contribution >= 0.6 is 0 Å². The molecule has 0 aliphatic carbocycles. The molecule has 21 heavy (non-hydrogen) atoms. The van der Waals surface area contributed by atoms with Gasteiger partial charge in [0.25, 0.3) is 0 Å². The summed E-state index contributed by atoms with van der Waals surface area (Å²) in [5.74, 6) is -0.0878. The van der Waals surface area contributed by atoms with Crippen molar-refractivity contribution in [2.24, 2.45) is 0 Å². The molecule has 0 saturated carbocycles. The van der Waals surface area contributed by atoms with Crippen molar-refractivity contribution >= 4 is 25.5 Å². The van der Waals surface area contributed by atoms with Gasteiger partial charge >= 0.3 is 0 Å². The van der Waals surface area contributed by atoms with E-state index in [1.165, 1.54) is 11.4 Å². The van der Waals surface area contributed by atoms with Crippen molar-refractivity contribution in [3.05, 3.63) is 23.3 Å². The van der Waals surface area contributed by atoms with E-state index in [9.17, 15) is 16.8 Å². The summed E-state index contributed by atoms with van der Waals surface area (Å²) in [6.45, 7) is 3.43. The zero-order valence-corrected chi connectivity index (χ0v) is 14.0. The third-order valence-electron chi connectivity index (χ3n) is 3.92. The van der Waals surface area contributed by atoms with Crippen LogP contribution in [0, 0.1) is 13.8 Å². The summed E-state index contributed by atoms with van der Waals surface area (Å²) in [7, 11) is -5.47. The van der Waals surface area contributed by atoms with Crippen LogP contribution in [-0.2, 0) is 19.9 Å². The van der Waals surface area contributed by atoms with Crippen LogP contribution in [0.15, 0.2) is 17.0 Å². The van der Waals surface area contributed by atoms with Crippen LogP contribution in [0.2, 0.25) is 0 Å². The molecule has 2 rings (SSSR count). The molecule has 1 saturated heterocycles. The molecule has 1 aliphatic rings. The molecule has 1 aromatic carbocycles. The maximum Gasteiger partial charge on any atom is 0.243 e. The van der Waals surface area contributed by atoms with E-state index in [4.69, 9.17) is 5.73 Å². The number of anilines is 1. The molecule has 1 unspecified atom stereocenters. The molecule has 6 nitrogen and oxygen atoms in total. The Balaban J connectivity index is 2.43. The molecule has 118 valence electrons. The SMILES string of the molecule is Cc1cc(N)c(C)c(S(=O)(=O)N(C)C2CCS(=O)(=O)C2)c1. The fourth-order valence-electron chi connectivity index (χ4n) is 2.53. The molecular formula is C13H20N2O4S2. The van der Waals surface area contributed by atoms with Crippen molar-refractivity contribution in [1.29, 1.82) is 0 Å². The molecule has 0 amide bonds. The molecular weight excluding hydrogens is 312 g/mol. The van der Waals surface area contributed by atoms with E-state index in [1.54, 1.807) is 26.0 Å². The Morgan fingerprint density at radius 3 is 2.43 bits per heavy atom. The minimum atomic E-state index is -3.76. The van der Waals surface area contributed by atoms with E-state index < -0.39 is 25.9 Å². The molecule has 1 heterocycles. The molecule has 0 radical (unpaired) electrons. The number of rotatable bonds is 3. The third-order valence-corrected chi connectivity index (χ3v) is 7.71. The van der Waals surface area contributed by atoms with E-state index >= 15 is 0 Å². The van der Waals surface area contributed by atoms with Crippen LogP contribution in [0.1, 0.15) is 17.5 Å². The molecule has 8 heteroatoms. The number of aryl methyl sites for hydroxylation is 1. The zero-order valence-electron chi connectivity index (χ0n) is 12.3. The fourth-order valence-corrected chi connectivity index (χ4v) is 6.13. The smallest absolute Gasteiger partial charge is 0.243 e. The molecule has 0 aromatic heterocycles. The first-order valence-corrected chi connectivity index (χ1v) is 9.86. The molecule has 0 spiro atoms. The summed E-state index contributed by atoms with van der Waals surface area (Å²) in [5, 5.41) is 0. The average molecular weight is 332 g/mol. The molecule has 1 aromatic rings. The number of sulfone groups is 1. The average Bonchev–Trinajstić information content (AvgIpc) is 2.73. The lowest BCUT2D eigenvalue weighted by atomic mass is 10.1. The number of hydrogen-bond acceptors (Lipinski definition) is 5. The van der Waals surface area contributed by atoms with Crippen LogP contribution in [0.3, 0.4) is 0 Å². The van der Waals surface area contributed by atoms with Crippen LogP contribution in [-0.4, -0.2) is 45.7 Å². The Hall–Kier alpha value is -1.12. The van der Waals surface area contributed by atoms with E-state index in [1.807, 2.05) is 0 Å². The van der Waals surface area contributed by atoms with Crippen molar-refractivity contribution in [2.45, 2.75) is 31.2 Å². The van der Waals surface area contributed by atoms with Crippen molar-refractivity contribution in [3.63, 3.8) is 0 Å². The Morgan fingerprint density at radius 1 is 1.29 bits per heavy atom. The maximum atomic E-state index is 12.7. The predicted molar refractivity (Wildman–Crippen MR) is 82.3 cm³/mol. The largest absolute Gasteiger partial charge is 0.398 e. The fraction of sp³-hybridized carbons (Fsp3) is 0.538. The van der Waals surface area contributed by atoms with Gasteiger partial charge in [-0.05, 0) is 43.5 Å². The van der Waals surface area contributed by atoms with Gasteiger partial charge in [0.2, 0.25) is 10.0 Å². The van der Waals surface area contributed by atoms with Gasteiger partial charge in [0.05, 0.1) is 16.4 Å². The summed E-state index contributed by atoms with van der Waals surface area (Å²) in [4.78, 5) is 0.145. The summed E-state index contributed by atoms with van der Waals surface area (Å²) in [6, 6.07) is 2.77. The van der Waals surface area contributed by atoms with Crippen LogP contribution in [0.4, 0.5) is 5.69 Å². The Morgan fingerprint density at radius 2 is 1.90 bits per heavy atom. The Labute approximate surface area is 125 Å². The van der Waals surface area contributed by atoms with Crippen LogP contribution < -0.4 is 5.73 Å². The van der Waals surface area contributed by atoms with Gasteiger partial charge in [0, 0.05) is 18.8 Å². The van der Waals surface area contributed by atoms with Crippen LogP contribution in [0.5, 0.6) is 0 Å². The van der Waals surface area contributed by atoms with Crippen LogP contribution in [0.25, 0.3) is 0 Å². The van der Waals surface area contributed by atoms with Gasteiger partial charge in [-0.1, -0.05) is 0 Å². The number of nitrogens with zero attached hydrogens (tertiary/aromatic N) is 1. The summed E-state index contributed by atoms with van der Waals surface area (Å²) < 4.78 is 49.7. The summed E-state index contributed by atoms with van der Waals surface area (Å²) in [5.41, 5.74) is 7.50. The molecule has 1 atom stereocenters. The van der Waals surface area contributed by atoms with Gasteiger partial charge in [-0.15, -0.1) is 0 Å². The standard InChI is InChI=1S/C13H20N2O4S2/c1-9-6-12(14)10(2)13(7-9)21(18,19)15(3)11-4-5-20(16,17)8-11/h6-7,11H,4-5,8,14H2,1-3H3. The summed E-state index contributed by atoms with van der Waals surface area (Å²) in [6.07, 6.45) is 0.332. The van der Waals surface area contributed by atoms with Gasteiger partial charge in [0.1, 0.15) is 0 Å². The summed E-state index contributed by atoms with van der Waals surface area (Å²) >= 11 is 0. The number of nitrogen functional groups attached to an aromatic ring is 1. The zero-order chi connectivity index (χ0) is 16.0. The Kier molecular flexibility index (Phi) is 4.07. The highest BCUT2D eigenvalue weighted by Gasteiger charge is 2.37. The Bertz CT molecular complexity index is 770. The lowest BCUT2D eigenvalue weighted by Crippen LogP contribution is -2.38. The lowest BCUT2D eigenvalue weighted by molar-refractivity contribution is 0.393. The van der Waals surface area contributed by atoms with Crippen molar-refractivity contribution in [2.75, 3.05) is 24.3 Å². The highest BCUT2D eigenvalue weighted by atomic mass is 32.2. The number of sulfonamides is 1. The number of nitrogens with two attached hydrogens (primary N) is 1. The monoisotopic (exact) mass is 332 g/mol. The number of hydrogen-bond donors (Lipinski definition) is 1. The highest BCUT2D eigenvalue weighted by molar-refractivity contribution is 7.92. The van der Waals surface area contributed by atoms with Gasteiger partial charge in [-0.3, -0.25) is 0 Å². The molecule has 0 bridgehead atoms. The topological polar surface area (TPSA) is 97.5 Å². The maximum absolute atomic E-state index is 12.7. The van der Waals surface area contributed by atoms with Crippen molar-refractivity contribution in [3.8, 4) is 0 Å². The lowest BCUT2D eigenvalue weighted by Gasteiger charge is -2.24.